The van der Waals surface area contributed by atoms with E-state index >= 15 is 0 Å². The Hall–Kier alpha value is -2.89. The van der Waals surface area contributed by atoms with Crippen LogP contribution in [0.4, 0.5) is 0 Å². The number of aromatic nitrogens is 3. The number of benzene rings is 1. The second-order valence-electron chi connectivity index (χ2n) is 5.76. The van der Waals surface area contributed by atoms with Crippen molar-refractivity contribution in [2.24, 2.45) is 0 Å². The van der Waals surface area contributed by atoms with E-state index < -0.39 is 0 Å². The maximum atomic E-state index is 12.2. The Morgan fingerprint density at radius 3 is 2.79 bits per heavy atom. The van der Waals surface area contributed by atoms with E-state index in [4.69, 9.17) is 4.42 Å². The Balaban J connectivity index is 1.61. The molecule has 0 radical (unpaired) electrons. The van der Waals surface area contributed by atoms with E-state index in [0.717, 1.165) is 5.56 Å². The smallest absolute Gasteiger partial charge is 0.226 e. The Morgan fingerprint density at radius 1 is 1.29 bits per heavy atom. The van der Waals surface area contributed by atoms with Crippen LogP contribution in [0.15, 0.2) is 53.2 Å². The third-order valence-corrected chi connectivity index (χ3v) is 3.67. The van der Waals surface area contributed by atoms with Crippen LogP contribution in [0.25, 0.3) is 11.5 Å². The maximum absolute atomic E-state index is 12.2. The van der Waals surface area contributed by atoms with Crippen molar-refractivity contribution < 1.29 is 9.21 Å². The largest absolute Gasteiger partial charge is 0.441 e. The van der Waals surface area contributed by atoms with Crippen LogP contribution in [-0.4, -0.2) is 26.7 Å². The Kier molecular flexibility index (Phi) is 4.74. The van der Waals surface area contributed by atoms with Crippen LogP contribution in [0.1, 0.15) is 18.4 Å². The van der Waals surface area contributed by atoms with E-state index in [0.29, 0.717) is 23.9 Å². The van der Waals surface area contributed by atoms with Gasteiger partial charge in [-0.05, 0) is 32.0 Å². The molecule has 3 rings (SSSR count). The molecule has 0 spiro atoms. The summed E-state index contributed by atoms with van der Waals surface area (Å²) in [5.74, 6) is 1.13. The van der Waals surface area contributed by atoms with Crippen molar-refractivity contribution in [1.29, 1.82) is 0 Å². The number of carbonyl (C=O) groups excluding carboxylic acids is 1. The minimum Gasteiger partial charge on any atom is -0.441 e. The summed E-state index contributed by atoms with van der Waals surface area (Å²) in [6.45, 7) is 4.41. The molecule has 1 N–H and O–H groups in total. The van der Waals surface area contributed by atoms with Crippen molar-refractivity contribution in [1.82, 2.24) is 20.1 Å². The molecule has 1 aromatic carbocycles. The first-order chi connectivity index (χ1) is 11.6. The first kappa shape index (κ1) is 16.0. The van der Waals surface area contributed by atoms with Crippen LogP contribution >= 0.6 is 0 Å². The molecule has 0 aliphatic heterocycles. The van der Waals surface area contributed by atoms with Gasteiger partial charge in [0.05, 0.1) is 18.7 Å². The van der Waals surface area contributed by atoms with Crippen molar-refractivity contribution in [3.05, 3.63) is 60.2 Å². The number of carbonyl (C=O) groups is 1. The van der Waals surface area contributed by atoms with Gasteiger partial charge in [0, 0.05) is 24.0 Å². The summed E-state index contributed by atoms with van der Waals surface area (Å²) >= 11 is 0. The summed E-state index contributed by atoms with van der Waals surface area (Å²) in [5.41, 5.74) is 1.57. The van der Waals surface area contributed by atoms with Gasteiger partial charge in [-0.25, -0.2) is 4.98 Å². The lowest BCUT2D eigenvalue weighted by atomic mass is 10.2. The molecule has 0 saturated heterocycles. The average molecular weight is 324 g/mol. The second-order valence-corrected chi connectivity index (χ2v) is 5.76. The van der Waals surface area contributed by atoms with Crippen LogP contribution in [0.5, 0.6) is 0 Å². The summed E-state index contributed by atoms with van der Waals surface area (Å²) in [6.07, 6.45) is 3.79. The fraction of sp³-hybridized carbons (Fsp3) is 0.278. The van der Waals surface area contributed by atoms with Crippen molar-refractivity contribution in [3.8, 4) is 11.5 Å². The molecule has 0 aliphatic rings. The number of oxazole rings is 1. The lowest BCUT2D eigenvalue weighted by Gasteiger charge is -2.13. The maximum Gasteiger partial charge on any atom is 0.226 e. The predicted octanol–water partition coefficient (Wildman–Crippen LogP) is 2.59. The molecule has 1 amide bonds. The van der Waals surface area contributed by atoms with Gasteiger partial charge in [0.1, 0.15) is 5.76 Å². The number of rotatable bonds is 6. The average Bonchev–Trinajstić information content (AvgIpc) is 3.18. The van der Waals surface area contributed by atoms with Crippen molar-refractivity contribution >= 4 is 5.91 Å². The van der Waals surface area contributed by atoms with Gasteiger partial charge >= 0.3 is 0 Å². The molecule has 6 nitrogen and oxygen atoms in total. The SMILES string of the molecule is Cc1oc(-c2ccccc2)nc1CC(=O)NC(C)Cn1cccn1. The molecule has 0 aliphatic carbocycles. The number of aryl methyl sites for hydroxylation is 1. The number of hydrogen-bond donors (Lipinski definition) is 1. The van der Waals surface area contributed by atoms with Crippen molar-refractivity contribution in [3.63, 3.8) is 0 Å². The summed E-state index contributed by atoms with van der Waals surface area (Å²) in [6, 6.07) is 11.5. The Bertz CT molecular complexity index is 794. The second kappa shape index (κ2) is 7.12. The highest BCUT2D eigenvalue weighted by atomic mass is 16.4. The van der Waals surface area contributed by atoms with Gasteiger partial charge in [0.25, 0.3) is 0 Å². The molecule has 0 fully saturated rings. The highest BCUT2D eigenvalue weighted by Crippen LogP contribution is 2.21. The van der Waals surface area contributed by atoms with Gasteiger partial charge in [-0.15, -0.1) is 0 Å². The summed E-state index contributed by atoms with van der Waals surface area (Å²) < 4.78 is 7.48. The van der Waals surface area contributed by atoms with Crippen LogP contribution in [0.2, 0.25) is 0 Å². The van der Waals surface area contributed by atoms with Crippen molar-refractivity contribution in [2.45, 2.75) is 32.9 Å². The van der Waals surface area contributed by atoms with Crippen LogP contribution < -0.4 is 5.32 Å². The fourth-order valence-electron chi connectivity index (χ4n) is 2.51. The van der Waals surface area contributed by atoms with E-state index in [1.165, 1.54) is 0 Å². The predicted molar refractivity (Wildman–Crippen MR) is 90.2 cm³/mol. The molecule has 0 saturated carbocycles. The van der Waals surface area contributed by atoms with E-state index in [2.05, 4.69) is 15.4 Å². The van der Waals surface area contributed by atoms with E-state index in [1.807, 2.05) is 56.4 Å². The first-order valence-electron chi connectivity index (χ1n) is 7.90. The fourth-order valence-corrected chi connectivity index (χ4v) is 2.51. The van der Waals surface area contributed by atoms with Gasteiger partial charge in [-0.1, -0.05) is 18.2 Å². The Labute approximate surface area is 140 Å². The summed E-state index contributed by atoms with van der Waals surface area (Å²) in [7, 11) is 0. The van der Waals surface area contributed by atoms with Gasteiger partial charge in [-0.2, -0.15) is 5.10 Å². The molecule has 1 atom stereocenters. The lowest BCUT2D eigenvalue weighted by Crippen LogP contribution is -2.36. The first-order valence-corrected chi connectivity index (χ1v) is 7.90. The monoisotopic (exact) mass is 324 g/mol. The zero-order valence-corrected chi connectivity index (χ0v) is 13.8. The number of nitrogens with zero attached hydrogens (tertiary/aromatic N) is 3. The molecule has 124 valence electrons. The number of hydrogen-bond acceptors (Lipinski definition) is 4. The minimum absolute atomic E-state index is 0.0156. The Morgan fingerprint density at radius 2 is 2.08 bits per heavy atom. The van der Waals surface area contributed by atoms with Gasteiger partial charge in [0.2, 0.25) is 11.8 Å². The van der Waals surface area contributed by atoms with Crippen LogP contribution in [-0.2, 0) is 17.8 Å². The lowest BCUT2D eigenvalue weighted by molar-refractivity contribution is -0.121. The third-order valence-electron chi connectivity index (χ3n) is 3.67. The quantitative estimate of drug-likeness (QED) is 0.756. The van der Waals surface area contributed by atoms with Crippen LogP contribution in [0, 0.1) is 6.92 Å². The van der Waals surface area contributed by atoms with Crippen LogP contribution in [0.3, 0.4) is 0 Å². The van der Waals surface area contributed by atoms with Gasteiger partial charge < -0.3 is 9.73 Å². The highest BCUT2D eigenvalue weighted by molar-refractivity contribution is 5.78. The molecule has 3 aromatic rings. The molecule has 24 heavy (non-hydrogen) atoms. The zero-order chi connectivity index (χ0) is 16.9. The molecular formula is C18H20N4O2. The molecule has 0 bridgehead atoms. The highest BCUT2D eigenvalue weighted by Gasteiger charge is 2.16. The van der Waals surface area contributed by atoms with Gasteiger partial charge in [-0.3, -0.25) is 9.48 Å². The third kappa shape index (κ3) is 3.90. The molecule has 6 heteroatoms. The molecular weight excluding hydrogens is 304 g/mol. The molecule has 1 unspecified atom stereocenters. The topological polar surface area (TPSA) is 73.0 Å². The molecule has 2 heterocycles. The van der Waals surface area contributed by atoms with E-state index in [1.54, 1.807) is 10.9 Å². The summed E-state index contributed by atoms with van der Waals surface area (Å²) in [4.78, 5) is 16.7. The van der Waals surface area contributed by atoms with Crippen molar-refractivity contribution in [2.75, 3.05) is 0 Å². The number of nitrogens with one attached hydrogen (secondary N) is 1. The minimum atomic E-state index is -0.0781. The standard InChI is InChI=1S/C18H20N4O2/c1-13(12-22-10-6-9-19-22)20-17(23)11-16-14(2)24-18(21-16)15-7-4-3-5-8-15/h3-10,13H,11-12H2,1-2H3,(H,20,23). The van der Waals surface area contributed by atoms with Gasteiger partial charge in [0.15, 0.2) is 0 Å². The zero-order valence-electron chi connectivity index (χ0n) is 13.8. The number of amides is 1. The van der Waals surface area contributed by atoms with E-state index in [9.17, 15) is 4.79 Å². The normalized spacial score (nSPS) is 12.1. The molecule has 2 aromatic heterocycles. The summed E-state index contributed by atoms with van der Waals surface area (Å²) in [5, 5.41) is 7.10. The van der Waals surface area contributed by atoms with E-state index in [-0.39, 0.29) is 18.4 Å².